The molecule has 1 fully saturated rings. The fraction of sp³-hybridized carbons (Fsp3) is 0.263. The lowest BCUT2D eigenvalue weighted by Gasteiger charge is -2.30. The molecule has 1 aliphatic rings. The number of carbonyl (C=O) groups excluding carboxylic acids is 1. The zero-order valence-corrected chi connectivity index (χ0v) is 15.6. The molecule has 0 atom stereocenters. The van der Waals surface area contributed by atoms with Crippen LogP contribution in [0.4, 0.5) is 24.5 Å². The van der Waals surface area contributed by atoms with E-state index in [1.54, 1.807) is 4.90 Å². The van der Waals surface area contributed by atoms with Gasteiger partial charge >= 0.3 is 6.18 Å². The van der Waals surface area contributed by atoms with Crippen molar-refractivity contribution in [1.29, 1.82) is 5.26 Å². The standard InChI is InChI=1S/C19H15F3N4OS/c1-12-4-2-5-13(8-12)25-7-3-6-17(27)26(18(25)28)14-9-15(19(20,21)22)16(10-23)24-11-14/h2,4-5,8-9,11H,3,6-7H2,1H3. The van der Waals surface area contributed by atoms with Crippen LogP contribution in [0.2, 0.25) is 0 Å². The van der Waals surface area contributed by atoms with Crippen LogP contribution in [0.15, 0.2) is 36.5 Å². The summed E-state index contributed by atoms with van der Waals surface area (Å²) in [4.78, 5) is 19.0. The molecular weight excluding hydrogens is 389 g/mol. The molecule has 1 aliphatic heterocycles. The van der Waals surface area contributed by atoms with Crippen molar-refractivity contribution in [3.05, 3.63) is 53.3 Å². The molecule has 0 aliphatic carbocycles. The number of nitriles is 1. The third kappa shape index (κ3) is 3.82. The van der Waals surface area contributed by atoms with E-state index in [-0.39, 0.29) is 17.2 Å². The molecule has 1 saturated heterocycles. The minimum absolute atomic E-state index is 0.0766. The number of aryl methyl sites for hydroxylation is 1. The van der Waals surface area contributed by atoms with E-state index in [4.69, 9.17) is 17.5 Å². The van der Waals surface area contributed by atoms with Crippen LogP contribution in [0.25, 0.3) is 0 Å². The van der Waals surface area contributed by atoms with Crippen LogP contribution >= 0.6 is 12.2 Å². The maximum Gasteiger partial charge on any atom is 0.419 e. The Balaban J connectivity index is 2.07. The van der Waals surface area contributed by atoms with Gasteiger partial charge in [-0.3, -0.25) is 9.69 Å². The predicted molar refractivity (Wildman–Crippen MR) is 102 cm³/mol. The largest absolute Gasteiger partial charge is 0.419 e. The van der Waals surface area contributed by atoms with Gasteiger partial charge in [-0.15, -0.1) is 0 Å². The fourth-order valence-corrected chi connectivity index (χ4v) is 3.40. The van der Waals surface area contributed by atoms with E-state index in [2.05, 4.69) is 4.98 Å². The first-order chi connectivity index (χ1) is 13.2. The van der Waals surface area contributed by atoms with Gasteiger partial charge < -0.3 is 4.90 Å². The van der Waals surface area contributed by atoms with Crippen LogP contribution in [0.3, 0.4) is 0 Å². The number of hydrogen-bond acceptors (Lipinski definition) is 4. The normalized spacial score (nSPS) is 15.4. The summed E-state index contributed by atoms with van der Waals surface area (Å²) in [5.74, 6) is -0.417. The Kier molecular flexibility index (Phi) is 5.34. The molecule has 5 nitrogen and oxygen atoms in total. The number of alkyl halides is 3. The number of anilines is 2. The van der Waals surface area contributed by atoms with E-state index in [1.165, 1.54) is 6.07 Å². The molecule has 2 heterocycles. The molecule has 28 heavy (non-hydrogen) atoms. The van der Waals surface area contributed by atoms with Gasteiger partial charge in [0.1, 0.15) is 6.07 Å². The number of carbonyl (C=O) groups is 1. The first kappa shape index (κ1) is 19.8. The number of nitrogens with zero attached hydrogens (tertiary/aromatic N) is 4. The van der Waals surface area contributed by atoms with Gasteiger partial charge in [-0.2, -0.15) is 18.4 Å². The van der Waals surface area contributed by atoms with Gasteiger partial charge in [0.15, 0.2) is 10.8 Å². The number of halogens is 3. The average Bonchev–Trinajstić information content (AvgIpc) is 2.78. The smallest absolute Gasteiger partial charge is 0.318 e. The van der Waals surface area contributed by atoms with Crippen molar-refractivity contribution in [1.82, 2.24) is 4.98 Å². The molecule has 1 aromatic carbocycles. The number of rotatable bonds is 2. The van der Waals surface area contributed by atoms with E-state index >= 15 is 0 Å². The molecule has 144 valence electrons. The van der Waals surface area contributed by atoms with E-state index in [0.717, 1.165) is 28.4 Å². The lowest BCUT2D eigenvalue weighted by molar-refractivity contribution is -0.138. The Morgan fingerprint density at radius 3 is 2.64 bits per heavy atom. The van der Waals surface area contributed by atoms with Crippen LogP contribution in [0.5, 0.6) is 0 Å². The molecule has 0 N–H and O–H groups in total. The molecule has 1 amide bonds. The highest BCUT2D eigenvalue weighted by molar-refractivity contribution is 7.81. The highest BCUT2D eigenvalue weighted by Gasteiger charge is 2.37. The molecule has 0 bridgehead atoms. The van der Waals surface area contributed by atoms with Gasteiger partial charge in [-0.05, 0) is 49.3 Å². The van der Waals surface area contributed by atoms with Crippen LogP contribution in [0.1, 0.15) is 29.7 Å². The molecule has 0 saturated carbocycles. The summed E-state index contributed by atoms with van der Waals surface area (Å²) in [6.45, 7) is 2.37. The highest BCUT2D eigenvalue weighted by Crippen LogP contribution is 2.34. The summed E-state index contributed by atoms with van der Waals surface area (Å²) in [5.41, 5.74) is -0.320. The van der Waals surface area contributed by atoms with Crippen LogP contribution in [-0.4, -0.2) is 22.5 Å². The van der Waals surface area contributed by atoms with Gasteiger partial charge in [-0.1, -0.05) is 12.1 Å². The van der Waals surface area contributed by atoms with Gasteiger partial charge in [0.2, 0.25) is 5.91 Å². The summed E-state index contributed by atoms with van der Waals surface area (Å²) >= 11 is 5.47. The van der Waals surface area contributed by atoms with Gasteiger partial charge in [0, 0.05) is 18.7 Å². The maximum atomic E-state index is 13.3. The molecule has 0 spiro atoms. The van der Waals surface area contributed by atoms with Crippen molar-refractivity contribution >= 4 is 34.6 Å². The fourth-order valence-electron chi connectivity index (χ4n) is 2.99. The first-order valence-electron chi connectivity index (χ1n) is 8.41. The number of aromatic nitrogens is 1. The Labute approximate surface area is 165 Å². The Hall–Kier alpha value is -2.99. The quantitative estimate of drug-likeness (QED) is 0.702. The van der Waals surface area contributed by atoms with Gasteiger partial charge in [0.25, 0.3) is 0 Å². The van der Waals surface area contributed by atoms with Crippen molar-refractivity contribution in [3.63, 3.8) is 0 Å². The predicted octanol–water partition coefficient (Wildman–Crippen LogP) is 4.20. The summed E-state index contributed by atoms with van der Waals surface area (Å²) in [5, 5.41) is 9.00. The topological polar surface area (TPSA) is 60.2 Å². The zero-order valence-electron chi connectivity index (χ0n) is 14.8. The van der Waals surface area contributed by atoms with E-state index in [0.29, 0.717) is 13.0 Å². The van der Waals surface area contributed by atoms with Crippen LogP contribution in [-0.2, 0) is 11.0 Å². The summed E-state index contributed by atoms with van der Waals surface area (Å²) in [6.07, 6.45) is -3.08. The van der Waals surface area contributed by atoms with Gasteiger partial charge in [0.05, 0.1) is 17.4 Å². The SMILES string of the molecule is Cc1cccc(N2CCCC(=O)N(c3cnc(C#N)c(C(F)(F)F)c3)C2=S)c1. The third-order valence-corrected chi connectivity index (χ3v) is 4.70. The summed E-state index contributed by atoms with van der Waals surface area (Å²) in [6, 6.07) is 9.64. The van der Waals surface area contributed by atoms with Crippen molar-refractivity contribution in [3.8, 4) is 6.07 Å². The molecule has 3 rings (SSSR count). The minimum Gasteiger partial charge on any atom is -0.318 e. The molecule has 0 unspecified atom stereocenters. The monoisotopic (exact) mass is 404 g/mol. The van der Waals surface area contributed by atoms with Crippen molar-refractivity contribution < 1.29 is 18.0 Å². The summed E-state index contributed by atoms with van der Waals surface area (Å²) < 4.78 is 39.9. The number of benzene rings is 1. The Bertz CT molecular complexity index is 984. The minimum atomic E-state index is -4.78. The van der Waals surface area contributed by atoms with E-state index in [9.17, 15) is 18.0 Å². The summed E-state index contributed by atoms with van der Waals surface area (Å²) in [7, 11) is 0. The van der Waals surface area contributed by atoms with Crippen LogP contribution < -0.4 is 9.80 Å². The maximum absolute atomic E-state index is 13.3. The lowest BCUT2D eigenvalue weighted by Crippen LogP contribution is -2.44. The number of amides is 1. The molecule has 0 radical (unpaired) electrons. The Morgan fingerprint density at radius 2 is 2.00 bits per heavy atom. The third-order valence-electron chi connectivity index (χ3n) is 4.30. The first-order valence-corrected chi connectivity index (χ1v) is 8.81. The van der Waals surface area contributed by atoms with Crippen LogP contribution in [0, 0.1) is 18.3 Å². The highest BCUT2D eigenvalue weighted by atomic mass is 32.1. The second-order valence-electron chi connectivity index (χ2n) is 6.31. The zero-order chi connectivity index (χ0) is 20.5. The lowest BCUT2D eigenvalue weighted by atomic mass is 10.1. The van der Waals surface area contributed by atoms with Crippen molar-refractivity contribution in [2.24, 2.45) is 0 Å². The van der Waals surface area contributed by atoms with Crippen molar-refractivity contribution in [2.75, 3.05) is 16.3 Å². The average molecular weight is 404 g/mol. The molecular formula is C19H15F3N4OS. The van der Waals surface area contributed by atoms with E-state index < -0.39 is 23.3 Å². The molecule has 2 aromatic rings. The second kappa shape index (κ2) is 7.56. The van der Waals surface area contributed by atoms with E-state index in [1.807, 2.05) is 31.2 Å². The molecule has 1 aromatic heterocycles. The second-order valence-corrected chi connectivity index (χ2v) is 6.67. The number of hydrogen-bond donors (Lipinski definition) is 0. The number of pyridine rings is 1. The van der Waals surface area contributed by atoms with Crippen molar-refractivity contribution in [2.45, 2.75) is 25.9 Å². The van der Waals surface area contributed by atoms with Gasteiger partial charge in [-0.25, -0.2) is 4.98 Å². The Morgan fingerprint density at radius 1 is 1.25 bits per heavy atom. The molecule has 9 heteroatoms. The number of thiocarbonyl (C=S) groups is 1.